The van der Waals surface area contributed by atoms with Crippen molar-refractivity contribution < 1.29 is 9.53 Å². The molecule has 1 amide bonds. The van der Waals surface area contributed by atoms with Crippen LogP contribution in [0.15, 0.2) is 24.3 Å². The zero-order valence-electron chi connectivity index (χ0n) is 13.9. The number of carbonyl (C=O) groups is 1. The zero-order chi connectivity index (χ0) is 16.1. The summed E-state index contributed by atoms with van der Waals surface area (Å²) in [4.78, 5) is 18.0. The second kappa shape index (κ2) is 5.04. The molecule has 2 aromatic rings. The van der Waals surface area contributed by atoms with Gasteiger partial charge in [0.05, 0.1) is 7.11 Å². The topological polar surface area (TPSA) is 45.3 Å². The Labute approximate surface area is 131 Å². The van der Waals surface area contributed by atoms with Crippen LogP contribution in [0, 0.1) is 11.8 Å². The molecule has 4 heteroatoms. The lowest BCUT2D eigenvalue weighted by atomic mass is 9.70. The van der Waals surface area contributed by atoms with E-state index in [2.05, 4.69) is 32.7 Å². The summed E-state index contributed by atoms with van der Waals surface area (Å²) >= 11 is 0. The standard InChI is InChI=1S/C18H24N2O2/c1-11(2)13-10-20(18(13,3)4)17(21)15-9-12-14(19-15)7-6-8-16(12)22-5/h6-9,11,13,19H,10H2,1-5H3. The van der Waals surface area contributed by atoms with Crippen molar-refractivity contribution in [3.63, 3.8) is 0 Å². The van der Waals surface area contributed by atoms with Gasteiger partial charge in [-0.2, -0.15) is 0 Å². The highest BCUT2D eigenvalue weighted by atomic mass is 16.5. The summed E-state index contributed by atoms with van der Waals surface area (Å²) < 4.78 is 5.37. The van der Waals surface area contributed by atoms with Crippen LogP contribution in [-0.2, 0) is 0 Å². The number of carbonyl (C=O) groups excluding carboxylic acids is 1. The minimum atomic E-state index is -0.0906. The molecular formula is C18H24N2O2. The molecule has 0 saturated carbocycles. The second-order valence-corrected chi connectivity index (χ2v) is 7.02. The molecule has 1 atom stereocenters. The number of amides is 1. The lowest BCUT2D eigenvalue weighted by Crippen LogP contribution is -2.67. The summed E-state index contributed by atoms with van der Waals surface area (Å²) in [6.07, 6.45) is 0. The molecule has 1 fully saturated rings. The number of ether oxygens (including phenoxy) is 1. The highest BCUT2D eigenvalue weighted by molar-refractivity contribution is 6.00. The molecule has 1 unspecified atom stereocenters. The first-order chi connectivity index (χ1) is 10.4. The molecule has 0 spiro atoms. The summed E-state index contributed by atoms with van der Waals surface area (Å²) in [7, 11) is 1.65. The molecule has 1 aliphatic heterocycles. The molecule has 4 nitrogen and oxygen atoms in total. The number of methoxy groups -OCH3 is 1. The van der Waals surface area contributed by atoms with E-state index in [0.29, 0.717) is 17.5 Å². The summed E-state index contributed by atoms with van der Waals surface area (Å²) in [6, 6.07) is 7.70. The Bertz CT molecular complexity index is 715. The van der Waals surface area contributed by atoms with E-state index in [0.717, 1.165) is 23.2 Å². The molecule has 1 aromatic carbocycles. The highest BCUT2D eigenvalue weighted by Crippen LogP contribution is 2.41. The van der Waals surface area contributed by atoms with Crippen molar-refractivity contribution in [1.82, 2.24) is 9.88 Å². The van der Waals surface area contributed by atoms with E-state index in [4.69, 9.17) is 4.74 Å². The van der Waals surface area contributed by atoms with Gasteiger partial charge in [-0.3, -0.25) is 4.79 Å². The number of nitrogens with one attached hydrogen (secondary N) is 1. The van der Waals surface area contributed by atoms with E-state index >= 15 is 0 Å². The van der Waals surface area contributed by atoms with Gasteiger partial charge < -0.3 is 14.6 Å². The Morgan fingerprint density at radius 1 is 1.41 bits per heavy atom. The molecule has 1 aromatic heterocycles. The molecule has 3 rings (SSSR count). The van der Waals surface area contributed by atoms with Crippen LogP contribution in [0.25, 0.3) is 10.9 Å². The number of nitrogens with zero attached hydrogens (tertiary/aromatic N) is 1. The van der Waals surface area contributed by atoms with Gasteiger partial charge in [-0.05, 0) is 38.0 Å². The fourth-order valence-electron chi connectivity index (χ4n) is 3.68. The number of aromatic amines is 1. The quantitative estimate of drug-likeness (QED) is 0.939. The average Bonchev–Trinajstić information content (AvgIpc) is 2.89. The van der Waals surface area contributed by atoms with Crippen LogP contribution in [0.2, 0.25) is 0 Å². The van der Waals surface area contributed by atoms with Crippen molar-refractivity contribution in [1.29, 1.82) is 0 Å². The molecule has 1 aliphatic rings. The average molecular weight is 300 g/mol. The van der Waals surface area contributed by atoms with Crippen molar-refractivity contribution in [2.45, 2.75) is 33.2 Å². The van der Waals surface area contributed by atoms with Gasteiger partial charge in [0.2, 0.25) is 0 Å². The Morgan fingerprint density at radius 3 is 2.73 bits per heavy atom. The van der Waals surface area contributed by atoms with Crippen LogP contribution >= 0.6 is 0 Å². The number of fused-ring (bicyclic) bond motifs is 1. The van der Waals surface area contributed by atoms with E-state index < -0.39 is 0 Å². The first-order valence-electron chi connectivity index (χ1n) is 7.84. The number of hydrogen-bond donors (Lipinski definition) is 1. The van der Waals surface area contributed by atoms with Gasteiger partial charge in [0.1, 0.15) is 11.4 Å². The second-order valence-electron chi connectivity index (χ2n) is 7.02. The van der Waals surface area contributed by atoms with Crippen LogP contribution in [0.1, 0.15) is 38.2 Å². The lowest BCUT2D eigenvalue weighted by molar-refractivity contribution is -0.0537. The van der Waals surface area contributed by atoms with Crippen molar-refractivity contribution in [2.24, 2.45) is 11.8 Å². The number of H-pyrrole nitrogens is 1. The molecule has 1 N–H and O–H groups in total. The molecule has 0 bridgehead atoms. The number of rotatable bonds is 3. The molecule has 2 heterocycles. The van der Waals surface area contributed by atoms with Crippen LogP contribution in [-0.4, -0.2) is 35.0 Å². The lowest BCUT2D eigenvalue weighted by Gasteiger charge is -2.57. The fraction of sp³-hybridized carbons (Fsp3) is 0.500. The molecule has 118 valence electrons. The Kier molecular flexibility index (Phi) is 3.42. The van der Waals surface area contributed by atoms with Crippen molar-refractivity contribution in [3.05, 3.63) is 30.0 Å². The van der Waals surface area contributed by atoms with Gasteiger partial charge in [0, 0.05) is 28.9 Å². The van der Waals surface area contributed by atoms with Crippen LogP contribution < -0.4 is 4.74 Å². The Hall–Kier alpha value is -1.97. The van der Waals surface area contributed by atoms with E-state index in [9.17, 15) is 4.79 Å². The number of aromatic nitrogens is 1. The van der Waals surface area contributed by atoms with E-state index in [1.807, 2.05) is 29.2 Å². The smallest absolute Gasteiger partial charge is 0.270 e. The molecule has 22 heavy (non-hydrogen) atoms. The van der Waals surface area contributed by atoms with Gasteiger partial charge in [0.15, 0.2) is 0 Å². The third-order valence-corrected chi connectivity index (χ3v) is 5.11. The molecule has 0 radical (unpaired) electrons. The van der Waals surface area contributed by atoms with Gasteiger partial charge in [0.25, 0.3) is 5.91 Å². The highest BCUT2D eigenvalue weighted by Gasteiger charge is 2.50. The van der Waals surface area contributed by atoms with Gasteiger partial charge in [-0.15, -0.1) is 0 Å². The number of benzene rings is 1. The summed E-state index contributed by atoms with van der Waals surface area (Å²) in [5, 5.41) is 0.951. The first kappa shape index (κ1) is 14.9. The predicted octanol–water partition coefficient (Wildman–Crippen LogP) is 3.68. The van der Waals surface area contributed by atoms with Crippen LogP contribution in [0.5, 0.6) is 5.75 Å². The maximum absolute atomic E-state index is 12.8. The first-order valence-corrected chi connectivity index (χ1v) is 7.84. The fourth-order valence-corrected chi connectivity index (χ4v) is 3.68. The maximum atomic E-state index is 12.8. The van der Waals surface area contributed by atoms with E-state index in [1.165, 1.54) is 0 Å². The molecule has 1 saturated heterocycles. The Balaban J connectivity index is 1.91. The van der Waals surface area contributed by atoms with E-state index in [-0.39, 0.29) is 11.4 Å². The number of hydrogen-bond acceptors (Lipinski definition) is 2. The summed E-state index contributed by atoms with van der Waals surface area (Å²) in [5.41, 5.74) is 1.48. The monoisotopic (exact) mass is 300 g/mol. The van der Waals surface area contributed by atoms with Crippen molar-refractivity contribution in [2.75, 3.05) is 13.7 Å². The predicted molar refractivity (Wildman–Crippen MR) is 88.3 cm³/mol. The van der Waals surface area contributed by atoms with Crippen LogP contribution in [0.4, 0.5) is 0 Å². The van der Waals surface area contributed by atoms with Gasteiger partial charge >= 0.3 is 0 Å². The minimum Gasteiger partial charge on any atom is -0.496 e. The van der Waals surface area contributed by atoms with E-state index in [1.54, 1.807) is 7.11 Å². The van der Waals surface area contributed by atoms with Crippen molar-refractivity contribution >= 4 is 16.8 Å². The van der Waals surface area contributed by atoms with Crippen molar-refractivity contribution in [3.8, 4) is 5.75 Å². The normalized spacial score (nSPS) is 20.3. The minimum absolute atomic E-state index is 0.0696. The largest absolute Gasteiger partial charge is 0.496 e. The zero-order valence-corrected chi connectivity index (χ0v) is 13.9. The molecular weight excluding hydrogens is 276 g/mol. The van der Waals surface area contributed by atoms with Gasteiger partial charge in [-0.1, -0.05) is 19.9 Å². The number of likely N-dealkylation sites (tertiary alicyclic amines) is 1. The molecule has 0 aliphatic carbocycles. The maximum Gasteiger partial charge on any atom is 0.270 e. The SMILES string of the molecule is COc1cccc2[nH]c(C(=O)N3CC(C(C)C)C3(C)C)cc12. The third kappa shape index (κ3) is 2.09. The third-order valence-electron chi connectivity index (χ3n) is 5.11. The summed E-state index contributed by atoms with van der Waals surface area (Å²) in [6.45, 7) is 9.59. The van der Waals surface area contributed by atoms with Crippen LogP contribution in [0.3, 0.4) is 0 Å². The summed E-state index contributed by atoms with van der Waals surface area (Å²) in [5.74, 6) is 1.99. The van der Waals surface area contributed by atoms with Gasteiger partial charge in [-0.25, -0.2) is 0 Å². The Morgan fingerprint density at radius 2 is 2.14 bits per heavy atom.